The van der Waals surface area contributed by atoms with Crippen LogP contribution in [0.5, 0.6) is 11.5 Å². The molecular weight excluding hydrogens is 294 g/mol. The van der Waals surface area contributed by atoms with E-state index in [0.717, 1.165) is 5.75 Å². The Balaban J connectivity index is 2.05. The molecule has 2 rings (SSSR count). The number of para-hydroxylation sites is 3. The number of hydrogen-bond donors (Lipinski definition) is 0. The number of carbonyl (C=O) groups excluding carboxylic acids is 1. The fourth-order valence-electron chi connectivity index (χ4n) is 1.97. The van der Waals surface area contributed by atoms with Crippen LogP contribution in [0.15, 0.2) is 54.6 Å². The fraction of sp³-hybridized carbons (Fsp3) is 0.278. The number of methoxy groups -OCH3 is 1. The van der Waals surface area contributed by atoms with Crippen LogP contribution in [0.4, 0.5) is 5.69 Å². The SMILES string of the molecule is COCCOCC(=O)N(C)c1ccccc1Oc1ccccc1. The van der Waals surface area contributed by atoms with E-state index in [1.165, 1.54) is 4.90 Å². The van der Waals surface area contributed by atoms with E-state index in [0.29, 0.717) is 24.7 Å². The number of nitrogens with zero attached hydrogens (tertiary/aromatic N) is 1. The van der Waals surface area contributed by atoms with Crippen LogP contribution >= 0.6 is 0 Å². The van der Waals surface area contributed by atoms with Gasteiger partial charge in [0.1, 0.15) is 12.4 Å². The summed E-state index contributed by atoms with van der Waals surface area (Å²) in [7, 11) is 3.30. The highest BCUT2D eigenvalue weighted by Crippen LogP contribution is 2.31. The third-order valence-electron chi connectivity index (χ3n) is 3.23. The topological polar surface area (TPSA) is 48.0 Å². The second-order valence-electron chi connectivity index (χ2n) is 4.88. The summed E-state index contributed by atoms with van der Waals surface area (Å²) in [6.07, 6.45) is 0. The van der Waals surface area contributed by atoms with E-state index in [1.54, 1.807) is 14.2 Å². The smallest absolute Gasteiger partial charge is 0.252 e. The Morgan fingerprint density at radius 1 is 1.00 bits per heavy atom. The van der Waals surface area contributed by atoms with Gasteiger partial charge in [0.25, 0.3) is 5.91 Å². The van der Waals surface area contributed by atoms with Crippen LogP contribution in [0, 0.1) is 0 Å². The fourth-order valence-corrected chi connectivity index (χ4v) is 1.97. The quantitative estimate of drug-likeness (QED) is 0.702. The molecule has 0 aliphatic rings. The van der Waals surface area contributed by atoms with E-state index in [2.05, 4.69) is 0 Å². The molecule has 0 fully saturated rings. The van der Waals surface area contributed by atoms with Crippen molar-refractivity contribution in [2.24, 2.45) is 0 Å². The number of ether oxygens (including phenoxy) is 3. The highest BCUT2D eigenvalue weighted by atomic mass is 16.5. The molecule has 5 heteroatoms. The Labute approximate surface area is 136 Å². The van der Waals surface area contributed by atoms with Crippen molar-refractivity contribution in [3.8, 4) is 11.5 Å². The first-order valence-electron chi connectivity index (χ1n) is 7.37. The van der Waals surface area contributed by atoms with Crippen molar-refractivity contribution in [1.29, 1.82) is 0 Å². The standard InChI is InChI=1S/C18H21NO4/c1-19(18(20)14-22-13-12-21-2)16-10-6-7-11-17(16)23-15-8-4-3-5-9-15/h3-11H,12-14H2,1-2H3. The lowest BCUT2D eigenvalue weighted by Crippen LogP contribution is -2.30. The van der Waals surface area contributed by atoms with E-state index in [9.17, 15) is 4.79 Å². The van der Waals surface area contributed by atoms with Gasteiger partial charge in [0.05, 0.1) is 18.9 Å². The molecular formula is C18H21NO4. The van der Waals surface area contributed by atoms with Crippen molar-refractivity contribution >= 4 is 11.6 Å². The highest BCUT2D eigenvalue weighted by molar-refractivity contribution is 5.95. The van der Waals surface area contributed by atoms with Gasteiger partial charge in [-0.3, -0.25) is 4.79 Å². The lowest BCUT2D eigenvalue weighted by Gasteiger charge is -2.20. The second kappa shape index (κ2) is 8.92. The molecule has 2 aromatic rings. The Morgan fingerprint density at radius 3 is 2.43 bits per heavy atom. The maximum Gasteiger partial charge on any atom is 0.252 e. The van der Waals surface area contributed by atoms with Crippen LogP contribution in [-0.2, 0) is 14.3 Å². The van der Waals surface area contributed by atoms with Crippen LogP contribution in [0.2, 0.25) is 0 Å². The minimum Gasteiger partial charge on any atom is -0.455 e. The molecule has 0 aliphatic carbocycles. The molecule has 0 bridgehead atoms. The summed E-state index contributed by atoms with van der Waals surface area (Å²) >= 11 is 0. The molecule has 0 heterocycles. The molecule has 122 valence electrons. The van der Waals surface area contributed by atoms with Gasteiger partial charge in [0, 0.05) is 14.2 Å². The van der Waals surface area contributed by atoms with Crippen molar-refractivity contribution < 1.29 is 19.0 Å². The van der Waals surface area contributed by atoms with E-state index in [4.69, 9.17) is 14.2 Å². The number of hydrogen-bond acceptors (Lipinski definition) is 4. The maximum absolute atomic E-state index is 12.2. The van der Waals surface area contributed by atoms with Crippen LogP contribution in [0.25, 0.3) is 0 Å². The molecule has 2 aromatic carbocycles. The molecule has 5 nitrogen and oxygen atoms in total. The lowest BCUT2D eigenvalue weighted by molar-refractivity contribution is -0.123. The molecule has 0 radical (unpaired) electrons. The molecule has 0 aromatic heterocycles. The van der Waals surface area contributed by atoms with Gasteiger partial charge >= 0.3 is 0 Å². The first-order chi connectivity index (χ1) is 11.2. The van der Waals surface area contributed by atoms with Crippen LogP contribution in [-0.4, -0.2) is 39.9 Å². The maximum atomic E-state index is 12.2. The van der Waals surface area contributed by atoms with Crippen molar-refractivity contribution in [2.75, 3.05) is 38.9 Å². The number of anilines is 1. The molecule has 1 amide bonds. The van der Waals surface area contributed by atoms with E-state index in [1.807, 2.05) is 54.6 Å². The van der Waals surface area contributed by atoms with E-state index in [-0.39, 0.29) is 12.5 Å². The minimum absolute atomic E-state index is 0.000465. The van der Waals surface area contributed by atoms with E-state index < -0.39 is 0 Å². The largest absolute Gasteiger partial charge is 0.455 e. The van der Waals surface area contributed by atoms with Crippen LogP contribution in [0.1, 0.15) is 0 Å². The molecule has 0 atom stereocenters. The molecule has 0 spiro atoms. The Kier molecular flexibility index (Phi) is 6.59. The first-order valence-corrected chi connectivity index (χ1v) is 7.37. The van der Waals surface area contributed by atoms with Crippen molar-refractivity contribution in [3.63, 3.8) is 0 Å². The lowest BCUT2D eigenvalue weighted by atomic mass is 10.2. The van der Waals surface area contributed by atoms with Gasteiger partial charge in [-0.05, 0) is 24.3 Å². The zero-order chi connectivity index (χ0) is 16.5. The average Bonchev–Trinajstić information content (AvgIpc) is 2.59. The van der Waals surface area contributed by atoms with Gasteiger partial charge < -0.3 is 19.1 Å². The average molecular weight is 315 g/mol. The normalized spacial score (nSPS) is 10.3. The summed E-state index contributed by atoms with van der Waals surface area (Å²) < 4.78 is 16.0. The van der Waals surface area contributed by atoms with Crippen molar-refractivity contribution in [1.82, 2.24) is 0 Å². The van der Waals surface area contributed by atoms with Gasteiger partial charge in [0.15, 0.2) is 5.75 Å². The zero-order valence-corrected chi connectivity index (χ0v) is 13.4. The summed E-state index contributed by atoms with van der Waals surface area (Å²) in [5, 5.41) is 0. The number of likely N-dealkylation sites (N-methyl/N-ethyl adjacent to an activating group) is 1. The van der Waals surface area contributed by atoms with Crippen molar-refractivity contribution in [3.05, 3.63) is 54.6 Å². The summed E-state index contributed by atoms with van der Waals surface area (Å²) in [6.45, 7) is 0.850. The number of benzene rings is 2. The van der Waals surface area contributed by atoms with E-state index >= 15 is 0 Å². The highest BCUT2D eigenvalue weighted by Gasteiger charge is 2.15. The molecule has 23 heavy (non-hydrogen) atoms. The minimum atomic E-state index is -0.148. The van der Waals surface area contributed by atoms with Crippen LogP contribution in [0.3, 0.4) is 0 Å². The van der Waals surface area contributed by atoms with Crippen LogP contribution < -0.4 is 9.64 Å². The second-order valence-corrected chi connectivity index (χ2v) is 4.88. The third kappa shape index (κ3) is 5.09. The molecule has 0 aliphatic heterocycles. The summed E-state index contributed by atoms with van der Waals surface area (Å²) in [5.74, 6) is 1.19. The molecule has 0 unspecified atom stereocenters. The first kappa shape index (κ1) is 17.0. The molecule has 0 saturated heterocycles. The Bertz CT molecular complexity index is 615. The monoisotopic (exact) mass is 315 g/mol. The predicted molar refractivity (Wildman–Crippen MR) is 89.1 cm³/mol. The number of rotatable bonds is 8. The summed E-state index contributed by atoms with van der Waals surface area (Å²) in [6, 6.07) is 16.9. The Morgan fingerprint density at radius 2 is 1.70 bits per heavy atom. The third-order valence-corrected chi connectivity index (χ3v) is 3.23. The van der Waals surface area contributed by atoms with Gasteiger partial charge in [-0.2, -0.15) is 0 Å². The number of amides is 1. The molecule has 0 N–H and O–H groups in total. The van der Waals surface area contributed by atoms with Gasteiger partial charge in [-0.25, -0.2) is 0 Å². The molecule has 0 saturated carbocycles. The summed E-state index contributed by atoms with van der Waals surface area (Å²) in [4.78, 5) is 13.7. The van der Waals surface area contributed by atoms with Gasteiger partial charge in [-0.1, -0.05) is 30.3 Å². The Hall–Kier alpha value is -2.37. The van der Waals surface area contributed by atoms with Crippen molar-refractivity contribution in [2.45, 2.75) is 0 Å². The predicted octanol–water partition coefficient (Wildman–Crippen LogP) is 3.10. The number of carbonyl (C=O) groups is 1. The van der Waals surface area contributed by atoms with Gasteiger partial charge in [0.2, 0.25) is 0 Å². The summed E-state index contributed by atoms with van der Waals surface area (Å²) in [5.41, 5.74) is 0.691. The zero-order valence-electron chi connectivity index (χ0n) is 13.4. The van der Waals surface area contributed by atoms with Gasteiger partial charge in [-0.15, -0.1) is 0 Å².